The number of rotatable bonds is 6. The lowest BCUT2D eigenvalue weighted by Gasteiger charge is -2.37. The predicted molar refractivity (Wildman–Crippen MR) is 160 cm³/mol. The summed E-state index contributed by atoms with van der Waals surface area (Å²) in [5.41, 5.74) is 5.49. The predicted octanol–water partition coefficient (Wildman–Crippen LogP) is 5.55. The van der Waals surface area contributed by atoms with Gasteiger partial charge in [-0.3, -0.25) is 9.51 Å². The van der Waals surface area contributed by atoms with E-state index in [0.29, 0.717) is 31.3 Å². The number of hydrogen-bond acceptors (Lipinski definition) is 8. The molecule has 5 aromatic rings. The van der Waals surface area contributed by atoms with E-state index in [-0.39, 0.29) is 17.7 Å². The van der Waals surface area contributed by atoms with Crippen LogP contribution in [0, 0.1) is 18.8 Å². The summed E-state index contributed by atoms with van der Waals surface area (Å²) in [6.07, 6.45) is 4.85. The average molecular weight is 566 g/mol. The van der Waals surface area contributed by atoms with Gasteiger partial charge in [-0.2, -0.15) is 4.98 Å². The molecule has 216 valence electrons. The van der Waals surface area contributed by atoms with Gasteiger partial charge < -0.3 is 14.2 Å². The number of ether oxygens (including phenoxy) is 1. The summed E-state index contributed by atoms with van der Waals surface area (Å²) >= 11 is 0. The van der Waals surface area contributed by atoms with E-state index < -0.39 is 5.76 Å². The van der Waals surface area contributed by atoms with Crippen molar-refractivity contribution in [3.05, 3.63) is 76.3 Å². The minimum Gasteiger partial charge on any atom is -0.377 e. The van der Waals surface area contributed by atoms with Gasteiger partial charge in [0.25, 0.3) is 0 Å². The average Bonchev–Trinajstić information content (AvgIpc) is 3.62. The summed E-state index contributed by atoms with van der Waals surface area (Å²) in [4.78, 5) is 31.9. The second kappa shape index (κ2) is 11.2. The number of nitrogens with zero attached hydrogens (tertiary/aromatic N) is 6. The maximum atomic E-state index is 11.8. The summed E-state index contributed by atoms with van der Waals surface area (Å²) in [5, 5.41) is 3.89. The van der Waals surface area contributed by atoms with Gasteiger partial charge >= 0.3 is 5.76 Å². The molecule has 2 aromatic carbocycles. The Balaban J connectivity index is 1.45. The number of hydrogen-bond donors (Lipinski definition) is 1. The molecule has 0 spiro atoms. The van der Waals surface area contributed by atoms with E-state index in [4.69, 9.17) is 24.2 Å². The molecule has 0 radical (unpaired) electrons. The zero-order valence-corrected chi connectivity index (χ0v) is 24.0. The lowest BCUT2D eigenvalue weighted by molar-refractivity contribution is 0.0927. The third kappa shape index (κ3) is 5.11. The van der Waals surface area contributed by atoms with Gasteiger partial charge in [0.1, 0.15) is 11.2 Å². The van der Waals surface area contributed by atoms with Gasteiger partial charge in [-0.15, -0.1) is 0 Å². The highest BCUT2D eigenvalue weighted by molar-refractivity contribution is 5.91. The van der Waals surface area contributed by atoms with Gasteiger partial charge in [0.15, 0.2) is 5.65 Å². The van der Waals surface area contributed by atoms with Crippen molar-refractivity contribution in [1.82, 2.24) is 29.7 Å². The molecule has 7 rings (SSSR count). The molecule has 2 aliphatic rings. The fraction of sp³-hybridized carbons (Fsp3) is 0.406. The summed E-state index contributed by atoms with van der Waals surface area (Å²) in [6.45, 7) is 7.17. The topological polar surface area (TPSA) is 115 Å². The first-order valence-corrected chi connectivity index (χ1v) is 14.8. The monoisotopic (exact) mass is 565 g/mol. The summed E-state index contributed by atoms with van der Waals surface area (Å²) in [5.74, 6) is 1.97. The summed E-state index contributed by atoms with van der Waals surface area (Å²) < 4.78 is 13.1. The van der Waals surface area contributed by atoms with Crippen molar-refractivity contribution in [2.75, 3.05) is 24.7 Å². The van der Waals surface area contributed by atoms with Crippen LogP contribution in [0.5, 0.6) is 0 Å². The Bertz CT molecular complexity index is 1750. The van der Waals surface area contributed by atoms with Gasteiger partial charge in [-0.25, -0.2) is 14.8 Å². The Morgan fingerprint density at radius 1 is 1.00 bits per heavy atom. The molecule has 3 aromatic heterocycles. The third-order valence-electron chi connectivity index (χ3n) is 8.67. The fourth-order valence-electron chi connectivity index (χ4n) is 6.41. The van der Waals surface area contributed by atoms with Crippen molar-refractivity contribution in [2.45, 2.75) is 52.1 Å². The van der Waals surface area contributed by atoms with Crippen LogP contribution in [0.1, 0.15) is 49.8 Å². The fourth-order valence-corrected chi connectivity index (χ4v) is 6.41. The van der Waals surface area contributed by atoms with E-state index in [1.165, 1.54) is 31.2 Å². The molecule has 10 nitrogen and oxygen atoms in total. The molecule has 1 N–H and O–H groups in total. The molecular formula is C32H35N7O3. The number of aromatic amines is 1. The molecular weight excluding hydrogens is 530 g/mol. The van der Waals surface area contributed by atoms with Crippen LogP contribution < -0.4 is 10.7 Å². The minimum atomic E-state index is -0.650. The number of fused-ring (bicyclic) bond motifs is 1. The number of benzene rings is 2. The van der Waals surface area contributed by atoms with Crippen molar-refractivity contribution in [3.8, 4) is 22.9 Å². The van der Waals surface area contributed by atoms with Crippen LogP contribution in [0.25, 0.3) is 34.1 Å². The van der Waals surface area contributed by atoms with E-state index in [1.54, 1.807) is 0 Å². The van der Waals surface area contributed by atoms with Gasteiger partial charge in [-0.05, 0) is 43.2 Å². The van der Waals surface area contributed by atoms with Crippen LogP contribution in [-0.2, 0) is 11.3 Å². The standard InChI is InChI=1S/C32H35N7O3/c1-20-11-13-22(14-12-20)18-39-27-26(24-10-6-7-21(2)17-24)33-29(30-36-32(40)42-37-30)34-28(27)35-31(39)38-15-16-41-19-25(38)23-8-4-3-5-9-23/h3-10,17,20,22,25H,11-16,18-19H2,1-2H3,(H,36,37,40)/t20-,22-,25-/m0/s1. The van der Waals surface area contributed by atoms with E-state index in [9.17, 15) is 4.79 Å². The zero-order valence-electron chi connectivity index (χ0n) is 24.0. The Kier molecular flexibility index (Phi) is 7.07. The Labute approximate surface area is 243 Å². The molecule has 10 heteroatoms. The molecule has 2 fully saturated rings. The summed E-state index contributed by atoms with van der Waals surface area (Å²) in [6, 6.07) is 18.8. The number of H-pyrrole nitrogens is 1. The molecule has 42 heavy (non-hydrogen) atoms. The van der Waals surface area contributed by atoms with E-state index in [0.717, 1.165) is 40.7 Å². The number of nitrogens with one attached hydrogen (secondary N) is 1. The minimum absolute atomic E-state index is 0.0173. The smallest absolute Gasteiger partial charge is 0.377 e. The number of imidazole rings is 1. The molecule has 1 saturated heterocycles. The first-order chi connectivity index (χ1) is 20.5. The van der Waals surface area contributed by atoms with Crippen molar-refractivity contribution < 1.29 is 9.26 Å². The lowest BCUT2D eigenvalue weighted by Crippen LogP contribution is -2.41. The molecule has 0 amide bonds. The van der Waals surface area contributed by atoms with Gasteiger partial charge in [0.05, 0.1) is 19.3 Å². The van der Waals surface area contributed by atoms with Crippen LogP contribution >= 0.6 is 0 Å². The third-order valence-corrected chi connectivity index (χ3v) is 8.67. The lowest BCUT2D eigenvalue weighted by atomic mass is 9.83. The molecule has 0 unspecified atom stereocenters. The van der Waals surface area contributed by atoms with Crippen molar-refractivity contribution >= 4 is 17.1 Å². The first-order valence-electron chi connectivity index (χ1n) is 14.8. The van der Waals surface area contributed by atoms with Gasteiger partial charge in [-0.1, -0.05) is 79.0 Å². The van der Waals surface area contributed by atoms with Gasteiger partial charge in [0.2, 0.25) is 17.6 Å². The van der Waals surface area contributed by atoms with Gasteiger partial charge in [0, 0.05) is 18.7 Å². The maximum absolute atomic E-state index is 11.8. The highest BCUT2D eigenvalue weighted by Gasteiger charge is 2.32. The molecule has 4 heterocycles. The van der Waals surface area contributed by atoms with E-state index in [2.05, 4.69) is 75.9 Å². The normalized spacial score (nSPS) is 21.2. The molecule has 0 bridgehead atoms. The molecule has 1 atom stereocenters. The Morgan fingerprint density at radius 2 is 1.83 bits per heavy atom. The van der Waals surface area contributed by atoms with Crippen LogP contribution in [0.4, 0.5) is 5.95 Å². The van der Waals surface area contributed by atoms with Crippen LogP contribution in [0.15, 0.2) is 63.9 Å². The van der Waals surface area contributed by atoms with E-state index >= 15 is 0 Å². The van der Waals surface area contributed by atoms with Crippen molar-refractivity contribution in [1.29, 1.82) is 0 Å². The number of morpholine rings is 1. The maximum Gasteiger partial charge on any atom is 0.439 e. The van der Waals surface area contributed by atoms with Crippen LogP contribution in [0.3, 0.4) is 0 Å². The van der Waals surface area contributed by atoms with E-state index in [1.807, 2.05) is 12.1 Å². The number of aryl methyl sites for hydroxylation is 1. The second-order valence-corrected chi connectivity index (χ2v) is 11.7. The molecule has 1 aliphatic heterocycles. The largest absolute Gasteiger partial charge is 0.439 e. The summed E-state index contributed by atoms with van der Waals surface area (Å²) in [7, 11) is 0. The Morgan fingerprint density at radius 3 is 2.60 bits per heavy atom. The highest BCUT2D eigenvalue weighted by atomic mass is 16.5. The first kappa shape index (κ1) is 26.6. The SMILES string of the molecule is Cc1cccc(-c2nc(-c3noc(=O)[nH]3)nc3nc(N4CCOC[C@H]4c4ccccc4)n(C[C@H]4CC[C@H](C)CC4)c23)c1. The quantitative estimate of drug-likeness (QED) is 0.285. The molecule has 1 aliphatic carbocycles. The van der Waals surface area contributed by atoms with Crippen molar-refractivity contribution in [3.63, 3.8) is 0 Å². The number of aromatic nitrogens is 6. The number of anilines is 1. The van der Waals surface area contributed by atoms with Crippen molar-refractivity contribution in [2.24, 2.45) is 11.8 Å². The Hall–Kier alpha value is -4.31. The zero-order chi connectivity index (χ0) is 28.6. The highest BCUT2D eigenvalue weighted by Crippen LogP contribution is 2.38. The second-order valence-electron chi connectivity index (χ2n) is 11.7. The van der Waals surface area contributed by atoms with Crippen LogP contribution in [-0.4, -0.2) is 49.4 Å². The van der Waals surface area contributed by atoms with Crippen LogP contribution in [0.2, 0.25) is 0 Å². The molecule has 1 saturated carbocycles.